The molecule has 0 aliphatic carbocycles. The number of hydrogen-bond donors (Lipinski definition) is 0. The van der Waals surface area contributed by atoms with Crippen LogP contribution in [0, 0.1) is 21.4 Å². The number of likely N-dealkylation sites (tertiary alicyclic amines) is 1. The molecule has 0 amide bonds. The van der Waals surface area contributed by atoms with Gasteiger partial charge in [-0.25, -0.2) is 0 Å². The minimum absolute atomic E-state index is 0.0120. The molecule has 1 aromatic rings. The highest BCUT2D eigenvalue weighted by Crippen LogP contribution is 2.26. The van der Waals surface area contributed by atoms with Crippen LogP contribution in [0.1, 0.15) is 18.4 Å². The van der Waals surface area contributed by atoms with Gasteiger partial charge in [0.2, 0.25) is 0 Å². The van der Waals surface area contributed by atoms with Crippen molar-refractivity contribution in [1.82, 2.24) is 4.90 Å². The van der Waals surface area contributed by atoms with Gasteiger partial charge in [-0.05, 0) is 31.0 Å². The summed E-state index contributed by atoms with van der Waals surface area (Å²) in [6.07, 6.45) is 1.88. The van der Waals surface area contributed by atoms with Gasteiger partial charge in [-0.3, -0.25) is 15.0 Å². The molecule has 0 bridgehead atoms. The van der Waals surface area contributed by atoms with E-state index in [1.807, 2.05) is 4.90 Å². The molecule has 18 heavy (non-hydrogen) atoms. The average molecular weight is 266 g/mol. The number of benzene rings is 1. The molecule has 1 unspecified atom stereocenters. The standard InChI is InChI=1S/C12H12ClN3O2/c13-12-6-10(16(17)18)4-3-9(12)8-15-5-1-2-11(15)7-14/h3-4,6,11H,1-2,5,8H2. The van der Waals surface area contributed by atoms with Gasteiger partial charge in [-0.15, -0.1) is 0 Å². The van der Waals surface area contributed by atoms with Crippen LogP contribution in [0.5, 0.6) is 0 Å². The SMILES string of the molecule is N#CC1CCCN1Cc1ccc([N+](=O)[O-])cc1Cl. The molecule has 0 saturated carbocycles. The van der Waals surface area contributed by atoms with E-state index in [2.05, 4.69) is 6.07 Å². The minimum Gasteiger partial charge on any atom is -0.284 e. The number of nitriles is 1. The van der Waals surface area contributed by atoms with E-state index in [0.717, 1.165) is 24.9 Å². The third kappa shape index (κ3) is 2.61. The molecule has 1 saturated heterocycles. The quantitative estimate of drug-likeness (QED) is 0.622. The van der Waals surface area contributed by atoms with Crippen molar-refractivity contribution in [2.24, 2.45) is 0 Å². The first-order valence-corrected chi connectivity index (χ1v) is 6.06. The van der Waals surface area contributed by atoms with E-state index in [1.54, 1.807) is 6.07 Å². The molecule has 6 heteroatoms. The zero-order valence-electron chi connectivity index (χ0n) is 9.67. The Morgan fingerprint density at radius 2 is 2.39 bits per heavy atom. The van der Waals surface area contributed by atoms with Crippen LogP contribution in [0.15, 0.2) is 18.2 Å². The van der Waals surface area contributed by atoms with Crippen molar-refractivity contribution in [3.63, 3.8) is 0 Å². The van der Waals surface area contributed by atoms with Crippen LogP contribution in [0.25, 0.3) is 0 Å². The molecule has 5 nitrogen and oxygen atoms in total. The van der Waals surface area contributed by atoms with Crippen LogP contribution in [0.4, 0.5) is 5.69 Å². The highest BCUT2D eigenvalue weighted by Gasteiger charge is 2.24. The van der Waals surface area contributed by atoms with E-state index in [4.69, 9.17) is 16.9 Å². The van der Waals surface area contributed by atoms with Crippen LogP contribution in [0.2, 0.25) is 5.02 Å². The van der Waals surface area contributed by atoms with E-state index in [0.29, 0.717) is 11.6 Å². The molecule has 0 spiro atoms. The van der Waals surface area contributed by atoms with Gasteiger partial charge in [0.1, 0.15) is 0 Å². The van der Waals surface area contributed by atoms with Crippen molar-refractivity contribution in [2.75, 3.05) is 6.54 Å². The lowest BCUT2D eigenvalue weighted by molar-refractivity contribution is -0.384. The fraction of sp³-hybridized carbons (Fsp3) is 0.417. The molecular weight excluding hydrogens is 254 g/mol. The second kappa shape index (κ2) is 5.34. The molecule has 0 aromatic heterocycles. The minimum atomic E-state index is -0.469. The first-order chi connectivity index (χ1) is 8.61. The molecule has 94 valence electrons. The van der Waals surface area contributed by atoms with E-state index >= 15 is 0 Å². The van der Waals surface area contributed by atoms with E-state index in [1.165, 1.54) is 12.1 Å². The summed E-state index contributed by atoms with van der Waals surface area (Å²) in [5, 5.41) is 20.0. The number of nitrogens with zero attached hydrogens (tertiary/aromatic N) is 3. The lowest BCUT2D eigenvalue weighted by atomic mass is 10.1. The summed E-state index contributed by atoms with van der Waals surface area (Å²) in [5.74, 6) is 0. The summed E-state index contributed by atoms with van der Waals surface area (Å²) in [4.78, 5) is 12.2. The third-order valence-corrected chi connectivity index (χ3v) is 3.49. The second-order valence-electron chi connectivity index (χ2n) is 4.29. The van der Waals surface area contributed by atoms with Gasteiger partial charge in [0.25, 0.3) is 5.69 Å². The summed E-state index contributed by atoms with van der Waals surface area (Å²) >= 11 is 6.03. The lowest BCUT2D eigenvalue weighted by Crippen LogP contribution is -2.27. The largest absolute Gasteiger partial charge is 0.284 e. The normalized spacial score (nSPS) is 19.7. The Kier molecular flexibility index (Phi) is 3.80. The zero-order chi connectivity index (χ0) is 13.1. The predicted octanol–water partition coefficient (Wildman–Crippen LogP) is 2.74. The fourth-order valence-electron chi connectivity index (χ4n) is 2.16. The summed E-state index contributed by atoms with van der Waals surface area (Å²) in [7, 11) is 0. The Labute approximate surface area is 110 Å². The molecule has 1 fully saturated rings. The Morgan fingerprint density at radius 1 is 1.61 bits per heavy atom. The van der Waals surface area contributed by atoms with Crippen molar-refractivity contribution < 1.29 is 4.92 Å². The Bertz CT molecular complexity index is 513. The Hall–Kier alpha value is -1.64. The Balaban J connectivity index is 2.15. The van der Waals surface area contributed by atoms with E-state index < -0.39 is 4.92 Å². The molecule has 1 heterocycles. The van der Waals surface area contributed by atoms with Crippen LogP contribution < -0.4 is 0 Å². The molecular formula is C12H12ClN3O2. The summed E-state index contributed by atoms with van der Waals surface area (Å²) in [5.41, 5.74) is 0.812. The monoisotopic (exact) mass is 265 g/mol. The molecule has 1 aromatic carbocycles. The van der Waals surface area contributed by atoms with Gasteiger partial charge in [-0.2, -0.15) is 5.26 Å². The third-order valence-electron chi connectivity index (χ3n) is 3.13. The molecule has 1 aliphatic heterocycles. The number of nitro benzene ring substituents is 1. The number of halogens is 1. The van der Waals surface area contributed by atoms with Crippen LogP contribution in [0.3, 0.4) is 0 Å². The van der Waals surface area contributed by atoms with Gasteiger partial charge >= 0.3 is 0 Å². The summed E-state index contributed by atoms with van der Waals surface area (Å²) < 4.78 is 0. The van der Waals surface area contributed by atoms with Crippen molar-refractivity contribution in [3.8, 4) is 6.07 Å². The maximum atomic E-state index is 10.6. The van der Waals surface area contributed by atoms with Crippen molar-refractivity contribution >= 4 is 17.3 Å². The summed E-state index contributed by atoms with van der Waals surface area (Å²) in [6, 6.07) is 6.64. The van der Waals surface area contributed by atoms with Crippen LogP contribution in [-0.4, -0.2) is 22.4 Å². The molecule has 1 atom stereocenters. The smallest absolute Gasteiger partial charge is 0.270 e. The van der Waals surface area contributed by atoms with Gasteiger partial charge in [0, 0.05) is 18.7 Å². The Morgan fingerprint density at radius 3 is 3.00 bits per heavy atom. The number of hydrogen-bond acceptors (Lipinski definition) is 4. The van der Waals surface area contributed by atoms with Crippen molar-refractivity contribution in [3.05, 3.63) is 38.9 Å². The topological polar surface area (TPSA) is 70.2 Å². The van der Waals surface area contributed by atoms with Gasteiger partial charge in [0.05, 0.1) is 22.1 Å². The van der Waals surface area contributed by atoms with E-state index in [-0.39, 0.29) is 11.7 Å². The highest BCUT2D eigenvalue weighted by molar-refractivity contribution is 6.31. The molecule has 2 rings (SSSR count). The van der Waals surface area contributed by atoms with Crippen molar-refractivity contribution in [2.45, 2.75) is 25.4 Å². The zero-order valence-corrected chi connectivity index (χ0v) is 10.4. The highest BCUT2D eigenvalue weighted by atomic mass is 35.5. The maximum absolute atomic E-state index is 10.6. The van der Waals surface area contributed by atoms with E-state index in [9.17, 15) is 10.1 Å². The van der Waals surface area contributed by atoms with Crippen LogP contribution >= 0.6 is 11.6 Å². The number of non-ortho nitro benzene ring substituents is 1. The molecule has 1 aliphatic rings. The fourth-order valence-corrected chi connectivity index (χ4v) is 2.39. The number of rotatable bonds is 3. The molecule has 0 radical (unpaired) electrons. The predicted molar refractivity (Wildman–Crippen MR) is 67.2 cm³/mol. The first kappa shape index (κ1) is 12.8. The molecule has 0 N–H and O–H groups in total. The number of nitro groups is 1. The maximum Gasteiger partial charge on any atom is 0.270 e. The van der Waals surface area contributed by atoms with Crippen LogP contribution in [-0.2, 0) is 6.54 Å². The van der Waals surface area contributed by atoms with Gasteiger partial charge < -0.3 is 0 Å². The lowest BCUT2D eigenvalue weighted by Gasteiger charge is -2.19. The van der Waals surface area contributed by atoms with Gasteiger partial charge in [-0.1, -0.05) is 11.6 Å². The van der Waals surface area contributed by atoms with Gasteiger partial charge in [0.15, 0.2) is 0 Å². The first-order valence-electron chi connectivity index (χ1n) is 5.68. The van der Waals surface area contributed by atoms with Crippen molar-refractivity contribution in [1.29, 1.82) is 5.26 Å². The second-order valence-corrected chi connectivity index (χ2v) is 4.70. The average Bonchev–Trinajstić information content (AvgIpc) is 2.78. The summed E-state index contributed by atoms with van der Waals surface area (Å²) in [6.45, 7) is 1.43.